The number of rotatable bonds is 3. The summed E-state index contributed by atoms with van der Waals surface area (Å²) in [6.07, 6.45) is -1.25. The lowest BCUT2D eigenvalue weighted by Gasteiger charge is -2.21. The number of hydrogen-bond acceptors (Lipinski definition) is 3. The molecule has 0 radical (unpaired) electrons. The molecule has 0 saturated carbocycles. The average molecular weight is 422 g/mol. The van der Waals surface area contributed by atoms with Crippen LogP contribution < -0.4 is 10.2 Å². The molecule has 0 aliphatic carbocycles. The first kappa shape index (κ1) is 19.8. The normalized spacial score (nSPS) is 15.8. The molecule has 1 atom stereocenters. The number of benzodiazepines with no additional fused rings is 1. The van der Waals surface area contributed by atoms with Gasteiger partial charge < -0.3 is 10.2 Å². The van der Waals surface area contributed by atoms with Gasteiger partial charge in [-0.15, -0.1) is 0 Å². The summed E-state index contributed by atoms with van der Waals surface area (Å²) >= 11 is 6.11. The molecule has 30 heavy (non-hydrogen) atoms. The number of likely N-dealkylation sites (N-methyl/N-ethyl adjacent to an activating group) is 1. The van der Waals surface area contributed by atoms with Gasteiger partial charge >= 0.3 is 0 Å². The Labute approximate surface area is 177 Å². The van der Waals surface area contributed by atoms with E-state index in [1.165, 1.54) is 11.0 Å². The fourth-order valence-corrected chi connectivity index (χ4v) is 3.55. The van der Waals surface area contributed by atoms with E-state index in [9.17, 15) is 14.0 Å². The average Bonchev–Trinajstić information content (AvgIpc) is 2.85. The largest absolute Gasteiger partial charge is 0.322 e. The van der Waals surface area contributed by atoms with Crippen molar-refractivity contribution in [2.75, 3.05) is 11.9 Å². The third kappa shape index (κ3) is 3.57. The molecule has 2 amide bonds. The van der Waals surface area contributed by atoms with Crippen LogP contribution in [-0.2, 0) is 4.79 Å². The summed E-state index contributed by atoms with van der Waals surface area (Å²) in [7, 11) is 1.59. The number of aliphatic imine (C=N–C) groups is 1. The van der Waals surface area contributed by atoms with Gasteiger partial charge in [0, 0.05) is 18.2 Å². The first-order valence-corrected chi connectivity index (χ1v) is 9.60. The molecular formula is C23H17ClFN3O2. The lowest BCUT2D eigenvalue weighted by Crippen LogP contribution is -2.46. The lowest BCUT2D eigenvalue weighted by atomic mass is 10.00. The quantitative estimate of drug-likeness (QED) is 0.693. The molecule has 4 rings (SSSR count). The predicted molar refractivity (Wildman–Crippen MR) is 115 cm³/mol. The van der Waals surface area contributed by atoms with Crippen LogP contribution >= 0.6 is 11.6 Å². The number of para-hydroxylation sites is 1. The van der Waals surface area contributed by atoms with Crippen molar-refractivity contribution in [3.8, 4) is 0 Å². The summed E-state index contributed by atoms with van der Waals surface area (Å²) in [5.41, 5.74) is 1.90. The number of halogens is 2. The van der Waals surface area contributed by atoms with Crippen molar-refractivity contribution in [1.29, 1.82) is 0 Å². The highest BCUT2D eigenvalue weighted by Gasteiger charge is 2.32. The maximum absolute atomic E-state index is 14.6. The van der Waals surface area contributed by atoms with E-state index in [4.69, 9.17) is 11.6 Å². The Morgan fingerprint density at radius 2 is 1.63 bits per heavy atom. The second-order valence-electron chi connectivity index (χ2n) is 6.73. The van der Waals surface area contributed by atoms with Crippen LogP contribution in [0.15, 0.2) is 77.8 Å². The highest BCUT2D eigenvalue weighted by atomic mass is 35.5. The topological polar surface area (TPSA) is 61.8 Å². The molecule has 1 N–H and O–H groups in total. The van der Waals surface area contributed by atoms with E-state index in [2.05, 4.69) is 10.3 Å². The Bertz CT molecular complexity index is 1180. The van der Waals surface area contributed by atoms with Crippen LogP contribution in [0.4, 0.5) is 10.1 Å². The Morgan fingerprint density at radius 1 is 1.00 bits per heavy atom. The van der Waals surface area contributed by atoms with Crippen LogP contribution in [0.3, 0.4) is 0 Å². The number of amides is 2. The molecule has 150 valence electrons. The van der Waals surface area contributed by atoms with Crippen molar-refractivity contribution in [2.45, 2.75) is 6.17 Å². The van der Waals surface area contributed by atoms with Gasteiger partial charge in [-0.2, -0.15) is 0 Å². The third-order valence-electron chi connectivity index (χ3n) is 4.86. The van der Waals surface area contributed by atoms with Gasteiger partial charge in [0.15, 0.2) is 0 Å². The highest BCUT2D eigenvalue weighted by Crippen LogP contribution is 2.28. The minimum absolute atomic E-state index is 0.221. The number of hydrogen-bond donors (Lipinski definition) is 1. The molecule has 0 fully saturated rings. The monoisotopic (exact) mass is 421 g/mol. The molecule has 3 aromatic carbocycles. The molecule has 1 aliphatic rings. The van der Waals surface area contributed by atoms with Crippen LogP contribution in [0.25, 0.3) is 0 Å². The summed E-state index contributed by atoms with van der Waals surface area (Å²) in [5, 5.41) is 2.88. The van der Waals surface area contributed by atoms with Gasteiger partial charge in [-0.3, -0.25) is 9.59 Å². The van der Waals surface area contributed by atoms with Crippen molar-refractivity contribution in [3.63, 3.8) is 0 Å². The Balaban J connectivity index is 1.82. The van der Waals surface area contributed by atoms with Crippen LogP contribution in [0.5, 0.6) is 0 Å². The second-order valence-corrected chi connectivity index (χ2v) is 7.14. The van der Waals surface area contributed by atoms with Crippen molar-refractivity contribution < 1.29 is 14.0 Å². The van der Waals surface area contributed by atoms with Gasteiger partial charge in [-0.1, -0.05) is 54.1 Å². The SMILES string of the molecule is CN1C(=O)[C@H](NC(=O)c2ccccc2Cl)N=C(c2ccccc2F)c2ccccc21. The fraction of sp³-hybridized carbons (Fsp3) is 0.0870. The minimum atomic E-state index is -1.25. The van der Waals surface area contributed by atoms with E-state index in [0.717, 1.165) is 0 Å². The molecule has 5 nitrogen and oxygen atoms in total. The van der Waals surface area contributed by atoms with Crippen molar-refractivity contribution in [3.05, 3.63) is 100 Å². The number of fused-ring (bicyclic) bond motifs is 1. The van der Waals surface area contributed by atoms with Crippen molar-refractivity contribution >= 4 is 34.8 Å². The van der Waals surface area contributed by atoms with E-state index in [0.29, 0.717) is 11.3 Å². The molecule has 3 aromatic rings. The number of benzene rings is 3. The lowest BCUT2D eigenvalue weighted by molar-refractivity contribution is -0.119. The first-order chi connectivity index (χ1) is 14.5. The summed E-state index contributed by atoms with van der Waals surface area (Å²) in [5.74, 6) is -1.47. The van der Waals surface area contributed by atoms with Gasteiger partial charge in [0.1, 0.15) is 5.82 Å². The van der Waals surface area contributed by atoms with Gasteiger partial charge in [-0.25, -0.2) is 9.38 Å². The summed E-state index contributed by atoms with van der Waals surface area (Å²) < 4.78 is 14.6. The summed E-state index contributed by atoms with van der Waals surface area (Å²) in [6, 6.07) is 19.8. The third-order valence-corrected chi connectivity index (χ3v) is 5.19. The summed E-state index contributed by atoms with van der Waals surface area (Å²) in [6.45, 7) is 0. The summed E-state index contributed by atoms with van der Waals surface area (Å²) in [4.78, 5) is 31.8. The Morgan fingerprint density at radius 3 is 2.37 bits per heavy atom. The first-order valence-electron chi connectivity index (χ1n) is 9.22. The molecule has 0 bridgehead atoms. The van der Waals surface area contributed by atoms with Gasteiger partial charge in [0.05, 0.1) is 22.0 Å². The highest BCUT2D eigenvalue weighted by molar-refractivity contribution is 6.34. The van der Waals surface area contributed by atoms with Crippen LogP contribution in [0.1, 0.15) is 21.5 Å². The Hall–Kier alpha value is -3.51. The van der Waals surface area contributed by atoms with E-state index in [-0.39, 0.29) is 21.9 Å². The molecule has 0 spiro atoms. The zero-order chi connectivity index (χ0) is 21.3. The molecular weight excluding hydrogens is 405 g/mol. The maximum Gasteiger partial charge on any atom is 0.272 e. The number of carbonyl (C=O) groups is 2. The van der Waals surface area contributed by atoms with Crippen molar-refractivity contribution in [2.24, 2.45) is 4.99 Å². The van der Waals surface area contributed by atoms with Crippen LogP contribution in [-0.4, -0.2) is 30.7 Å². The molecule has 0 aromatic heterocycles. The van der Waals surface area contributed by atoms with Crippen molar-refractivity contribution in [1.82, 2.24) is 5.32 Å². The zero-order valence-corrected chi connectivity index (χ0v) is 16.7. The zero-order valence-electron chi connectivity index (χ0n) is 16.0. The van der Waals surface area contributed by atoms with Crippen LogP contribution in [0, 0.1) is 5.82 Å². The number of carbonyl (C=O) groups excluding carboxylic acids is 2. The predicted octanol–water partition coefficient (Wildman–Crippen LogP) is 4.05. The number of anilines is 1. The standard InChI is InChI=1S/C23H17ClFN3O2/c1-28-19-13-7-4-10-16(19)20(15-9-3-6-12-18(15)25)26-21(23(28)30)27-22(29)14-8-2-5-11-17(14)24/h2-13,21H,1H3,(H,27,29)/t21-/m0/s1. The van der Waals surface area contributed by atoms with E-state index < -0.39 is 23.8 Å². The molecule has 7 heteroatoms. The second kappa shape index (κ2) is 8.08. The smallest absolute Gasteiger partial charge is 0.272 e. The van der Waals surface area contributed by atoms with E-state index in [1.807, 2.05) is 0 Å². The number of nitrogens with one attached hydrogen (secondary N) is 1. The van der Waals surface area contributed by atoms with Gasteiger partial charge in [0.25, 0.3) is 11.8 Å². The molecule has 0 unspecified atom stereocenters. The molecule has 0 saturated heterocycles. The molecule has 1 heterocycles. The molecule has 1 aliphatic heterocycles. The Kier molecular flexibility index (Phi) is 5.33. The van der Waals surface area contributed by atoms with Gasteiger partial charge in [-0.05, 0) is 30.3 Å². The fourth-order valence-electron chi connectivity index (χ4n) is 3.33. The van der Waals surface area contributed by atoms with E-state index >= 15 is 0 Å². The minimum Gasteiger partial charge on any atom is -0.322 e. The van der Waals surface area contributed by atoms with E-state index in [1.54, 1.807) is 73.8 Å². The van der Waals surface area contributed by atoms with Crippen LogP contribution in [0.2, 0.25) is 5.02 Å². The maximum atomic E-state index is 14.6. The number of nitrogens with zero attached hydrogens (tertiary/aromatic N) is 2. The van der Waals surface area contributed by atoms with Gasteiger partial charge in [0.2, 0.25) is 6.17 Å².